The molecule has 0 atom stereocenters. The van der Waals surface area contributed by atoms with Crippen molar-refractivity contribution in [2.75, 3.05) is 26.8 Å². The summed E-state index contributed by atoms with van der Waals surface area (Å²) in [6, 6.07) is 2.02. The number of amides is 1. The van der Waals surface area contributed by atoms with Gasteiger partial charge in [-0.15, -0.1) is 0 Å². The number of carbonyl (C=O) groups excluding carboxylic acids is 1. The molecule has 4 heteroatoms. The lowest BCUT2D eigenvalue weighted by molar-refractivity contribution is -0.134. The molecule has 0 aromatic heterocycles. The van der Waals surface area contributed by atoms with Crippen molar-refractivity contribution in [3.8, 4) is 6.07 Å². The van der Waals surface area contributed by atoms with Crippen LogP contribution < -0.4 is 0 Å². The van der Waals surface area contributed by atoms with Crippen LogP contribution in [0.3, 0.4) is 0 Å². The number of hydrogen-bond donors (Lipinski definition) is 0. The summed E-state index contributed by atoms with van der Waals surface area (Å²) in [5.74, 6) is 0.787. The van der Waals surface area contributed by atoms with Gasteiger partial charge in [-0.2, -0.15) is 5.26 Å². The van der Waals surface area contributed by atoms with E-state index >= 15 is 0 Å². The molecule has 0 unspecified atom stereocenters. The van der Waals surface area contributed by atoms with E-state index in [4.69, 9.17) is 10.00 Å². The number of nitrogens with zero attached hydrogens (tertiary/aromatic N) is 2. The molecule has 1 amide bonds. The Bertz CT molecular complexity index is 256. The van der Waals surface area contributed by atoms with Gasteiger partial charge in [0, 0.05) is 20.2 Å². The van der Waals surface area contributed by atoms with Crippen LogP contribution in [0, 0.1) is 17.2 Å². The van der Waals surface area contributed by atoms with Crippen LogP contribution in [0.5, 0.6) is 0 Å². The van der Waals surface area contributed by atoms with Gasteiger partial charge in [0.15, 0.2) is 0 Å². The lowest BCUT2D eigenvalue weighted by atomic mass is 9.83. The van der Waals surface area contributed by atoms with Crippen molar-refractivity contribution in [2.24, 2.45) is 5.92 Å². The van der Waals surface area contributed by atoms with Crippen LogP contribution in [0.15, 0.2) is 0 Å². The maximum absolute atomic E-state index is 11.5. The Morgan fingerprint density at radius 3 is 2.88 bits per heavy atom. The second-order valence-corrected chi connectivity index (χ2v) is 4.36. The molecule has 1 rings (SSSR count). The normalized spacial score (nSPS) is 15.2. The Kier molecular flexibility index (Phi) is 5.87. The summed E-state index contributed by atoms with van der Waals surface area (Å²) in [5.41, 5.74) is 0. The quantitative estimate of drug-likeness (QED) is 0.617. The summed E-state index contributed by atoms with van der Waals surface area (Å²) in [5, 5.41) is 8.39. The molecule has 0 aromatic carbocycles. The van der Waals surface area contributed by atoms with E-state index in [-0.39, 0.29) is 12.5 Å². The van der Waals surface area contributed by atoms with Crippen molar-refractivity contribution >= 4 is 5.91 Å². The predicted octanol–water partition coefficient (Wildman–Crippen LogP) is 1.57. The molecule has 4 nitrogen and oxygen atoms in total. The SMILES string of the molecule is CN(CCC#N)C(=O)COCCC1CCC1. The van der Waals surface area contributed by atoms with Gasteiger partial charge in [0.05, 0.1) is 12.5 Å². The van der Waals surface area contributed by atoms with Gasteiger partial charge in [-0.3, -0.25) is 4.79 Å². The van der Waals surface area contributed by atoms with Crippen LogP contribution in [0.1, 0.15) is 32.1 Å². The second kappa shape index (κ2) is 7.24. The average Bonchev–Trinajstić information content (AvgIpc) is 2.22. The lowest BCUT2D eigenvalue weighted by Gasteiger charge is -2.25. The third-order valence-electron chi connectivity index (χ3n) is 3.11. The highest BCUT2D eigenvalue weighted by molar-refractivity contribution is 5.77. The number of carbonyl (C=O) groups is 1. The van der Waals surface area contributed by atoms with Gasteiger partial charge in [-0.25, -0.2) is 0 Å². The van der Waals surface area contributed by atoms with Gasteiger partial charge in [0.25, 0.3) is 0 Å². The van der Waals surface area contributed by atoms with E-state index in [0.717, 1.165) is 12.3 Å². The zero-order chi connectivity index (χ0) is 11.8. The van der Waals surface area contributed by atoms with Gasteiger partial charge in [0.1, 0.15) is 6.61 Å². The molecule has 1 aliphatic carbocycles. The fourth-order valence-electron chi connectivity index (χ4n) is 1.64. The largest absolute Gasteiger partial charge is 0.372 e. The van der Waals surface area contributed by atoms with Crippen LogP contribution in [0.4, 0.5) is 0 Å². The maximum atomic E-state index is 11.5. The lowest BCUT2D eigenvalue weighted by Crippen LogP contribution is -2.31. The van der Waals surface area contributed by atoms with E-state index in [1.54, 1.807) is 11.9 Å². The Balaban J connectivity index is 1.98. The molecule has 0 N–H and O–H groups in total. The van der Waals surface area contributed by atoms with Crippen molar-refractivity contribution in [3.05, 3.63) is 0 Å². The Morgan fingerprint density at radius 2 is 2.31 bits per heavy atom. The first-order chi connectivity index (χ1) is 7.74. The van der Waals surface area contributed by atoms with Crippen LogP contribution in [0.2, 0.25) is 0 Å². The molecule has 0 heterocycles. The van der Waals surface area contributed by atoms with Gasteiger partial charge < -0.3 is 9.64 Å². The molecule has 0 spiro atoms. The van der Waals surface area contributed by atoms with Crippen molar-refractivity contribution in [1.29, 1.82) is 5.26 Å². The maximum Gasteiger partial charge on any atom is 0.248 e. The molecule has 1 saturated carbocycles. The highest BCUT2D eigenvalue weighted by atomic mass is 16.5. The van der Waals surface area contributed by atoms with Crippen LogP contribution in [0.25, 0.3) is 0 Å². The zero-order valence-electron chi connectivity index (χ0n) is 9.95. The van der Waals surface area contributed by atoms with Crippen molar-refractivity contribution in [3.63, 3.8) is 0 Å². The van der Waals surface area contributed by atoms with Crippen molar-refractivity contribution < 1.29 is 9.53 Å². The smallest absolute Gasteiger partial charge is 0.248 e. The molecule has 90 valence electrons. The number of hydrogen-bond acceptors (Lipinski definition) is 3. The highest BCUT2D eigenvalue weighted by Gasteiger charge is 2.17. The van der Waals surface area contributed by atoms with Crippen molar-refractivity contribution in [1.82, 2.24) is 4.90 Å². The van der Waals surface area contributed by atoms with E-state index in [9.17, 15) is 4.79 Å². The van der Waals surface area contributed by atoms with Gasteiger partial charge in [0.2, 0.25) is 5.91 Å². The molecule has 0 saturated heterocycles. The van der Waals surface area contributed by atoms with Crippen molar-refractivity contribution in [2.45, 2.75) is 32.1 Å². The minimum atomic E-state index is -0.0381. The Morgan fingerprint density at radius 1 is 1.56 bits per heavy atom. The number of rotatable bonds is 7. The molecule has 0 aromatic rings. The standard InChI is InChI=1S/C12H20N2O2/c1-14(8-3-7-13)12(15)10-16-9-6-11-4-2-5-11/h11H,2-6,8-10H2,1H3. The summed E-state index contributed by atoms with van der Waals surface area (Å²) >= 11 is 0. The monoisotopic (exact) mass is 224 g/mol. The third-order valence-corrected chi connectivity index (χ3v) is 3.11. The van der Waals surface area contributed by atoms with E-state index in [1.165, 1.54) is 19.3 Å². The highest BCUT2D eigenvalue weighted by Crippen LogP contribution is 2.28. The summed E-state index contributed by atoms with van der Waals surface area (Å²) < 4.78 is 5.33. The summed E-state index contributed by atoms with van der Waals surface area (Å²) in [7, 11) is 1.70. The summed E-state index contributed by atoms with van der Waals surface area (Å²) in [6.07, 6.45) is 5.44. The van der Waals surface area contributed by atoms with Crippen LogP contribution >= 0.6 is 0 Å². The molecule has 0 bridgehead atoms. The topological polar surface area (TPSA) is 53.3 Å². The first-order valence-electron chi connectivity index (χ1n) is 5.92. The predicted molar refractivity (Wildman–Crippen MR) is 60.6 cm³/mol. The molecule has 0 radical (unpaired) electrons. The molecule has 16 heavy (non-hydrogen) atoms. The molecule has 1 aliphatic rings. The number of likely N-dealkylation sites (N-methyl/N-ethyl adjacent to an activating group) is 1. The van der Waals surface area contributed by atoms with E-state index in [0.29, 0.717) is 19.6 Å². The fraction of sp³-hybridized carbons (Fsp3) is 0.833. The van der Waals surface area contributed by atoms with Gasteiger partial charge in [-0.1, -0.05) is 19.3 Å². The molecule has 1 fully saturated rings. The number of nitriles is 1. The molecular formula is C12H20N2O2. The minimum Gasteiger partial charge on any atom is -0.372 e. The molecule has 0 aliphatic heterocycles. The number of ether oxygens (including phenoxy) is 1. The van der Waals surface area contributed by atoms with E-state index < -0.39 is 0 Å². The zero-order valence-corrected chi connectivity index (χ0v) is 9.95. The Hall–Kier alpha value is -1.08. The summed E-state index contributed by atoms with van der Waals surface area (Å²) in [4.78, 5) is 13.0. The van der Waals surface area contributed by atoms with Crippen LogP contribution in [-0.2, 0) is 9.53 Å². The fourth-order valence-corrected chi connectivity index (χ4v) is 1.64. The van der Waals surface area contributed by atoms with Gasteiger partial charge >= 0.3 is 0 Å². The Labute approximate surface area is 97.2 Å². The van der Waals surface area contributed by atoms with E-state index in [2.05, 4.69) is 0 Å². The minimum absolute atomic E-state index is 0.0381. The van der Waals surface area contributed by atoms with Crippen LogP contribution in [-0.4, -0.2) is 37.6 Å². The first-order valence-corrected chi connectivity index (χ1v) is 5.92. The third kappa shape index (κ3) is 4.63. The second-order valence-electron chi connectivity index (χ2n) is 4.36. The molecular weight excluding hydrogens is 204 g/mol. The average molecular weight is 224 g/mol. The van der Waals surface area contributed by atoms with E-state index in [1.807, 2.05) is 6.07 Å². The first kappa shape index (κ1) is 13.0. The summed E-state index contributed by atoms with van der Waals surface area (Å²) in [6.45, 7) is 1.32. The van der Waals surface area contributed by atoms with Gasteiger partial charge in [-0.05, 0) is 12.3 Å².